The van der Waals surface area contributed by atoms with Crippen LogP contribution in [-0.4, -0.2) is 30.3 Å². The number of anilines is 1. The Hall–Kier alpha value is -1.30. The monoisotopic (exact) mass is 367 g/mol. The summed E-state index contributed by atoms with van der Waals surface area (Å²) in [6.45, 7) is 2.92. The summed E-state index contributed by atoms with van der Waals surface area (Å²) in [5.41, 5.74) is 8.86. The molecule has 0 aromatic heterocycles. The molecule has 1 aliphatic heterocycles. The molecule has 1 aromatic carbocycles. The summed E-state index contributed by atoms with van der Waals surface area (Å²) >= 11 is 1.64. The van der Waals surface area contributed by atoms with Crippen molar-refractivity contribution in [3.63, 3.8) is 0 Å². The van der Waals surface area contributed by atoms with Crippen molar-refractivity contribution in [3.8, 4) is 0 Å². The lowest BCUT2D eigenvalue weighted by Gasteiger charge is -2.46. The summed E-state index contributed by atoms with van der Waals surface area (Å²) < 4.78 is 25.8. The fourth-order valence-corrected chi connectivity index (χ4v) is 5.20. The van der Waals surface area contributed by atoms with E-state index >= 15 is 0 Å². The third-order valence-electron chi connectivity index (χ3n) is 5.57. The van der Waals surface area contributed by atoms with Gasteiger partial charge in [-0.1, -0.05) is 24.8 Å². The van der Waals surface area contributed by atoms with Crippen LogP contribution in [0.2, 0.25) is 0 Å². The van der Waals surface area contributed by atoms with Crippen molar-refractivity contribution in [3.05, 3.63) is 29.3 Å². The van der Waals surface area contributed by atoms with Gasteiger partial charge in [0.05, 0.1) is 11.6 Å². The normalized spacial score (nSPS) is 29.2. The highest BCUT2D eigenvalue weighted by Gasteiger charge is 2.47. The third-order valence-corrected chi connectivity index (χ3v) is 6.53. The predicted molar refractivity (Wildman–Crippen MR) is 103 cm³/mol. The lowest BCUT2D eigenvalue weighted by atomic mass is 9.66. The molecular formula is C19H27F2N3S. The van der Waals surface area contributed by atoms with Crippen LogP contribution in [-0.2, 0) is 5.54 Å². The summed E-state index contributed by atoms with van der Waals surface area (Å²) in [6, 6.07) is 5.14. The molecule has 0 amide bonds. The molecule has 0 saturated heterocycles. The van der Waals surface area contributed by atoms with E-state index in [9.17, 15) is 8.78 Å². The highest BCUT2D eigenvalue weighted by molar-refractivity contribution is 8.13. The molecule has 3 unspecified atom stereocenters. The molecule has 6 heteroatoms. The first-order chi connectivity index (χ1) is 12.0. The van der Waals surface area contributed by atoms with E-state index in [4.69, 9.17) is 10.7 Å². The van der Waals surface area contributed by atoms with Crippen molar-refractivity contribution >= 4 is 22.6 Å². The molecule has 1 saturated carbocycles. The Balaban J connectivity index is 2.01. The molecule has 1 fully saturated rings. The maximum absolute atomic E-state index is 12.9. The van der Waals surface area contributed by atoms with Gasteiger partial charge < -0.3 is 11.1 Å². The van der Waals surface area contributed by atoms with Crippen LogP contribution in [0, 0.1) is 18.8 Å². The van der Waals surface area contributed by atoms with Crippen LogP contribution < -0.4 is 11.1 Å². The number of hydrogen-bond acceptors (Lipinski definition) is 4. The Labute approximate surface area is 152 Å². The summed E-state index contributed by atoms with van der Waals surface area (Å²) in [4.78, 5) is 4.94. The molecule has 1 aromatic rings. The molecule has 0 spiro atoms. The van der Waals surface area contributed by atoms with E-state index in [1.165, 1.54) is 0 Å². The van der Waals surface area contributed by atoms with Crippen LogP contribution in [0.3, 0.4) is 0 Å². The first-order valence-electron chi connectivity index (χ1n) is 8.96. The van der Waals surface area contributed by atoms with E-state index in [1.807, 2.05) is 18.2 Å². The third kappa shape index (κ3) is 3.64. The predicted octanol–water partition coefficient (Wildman–Crippen LogP) is 4.41. The average Bonchev–Trinajstić information content (AvgIpc) is 2.61. The molecule has 3 atom stereocenters. The minimum atomic E-state index is -0.800. The Morgan fingerprint density at radius 2 is 2.16 bits per heavy atom. The van der Waals surface area contributed by atoms with Gasteiger partial charge >= 0.3 is 0 Å². The number of nitrogens with two attached hydrogens (primary N) is 1. The van der Waals surface area contributed by atoms with Gasteiger partial charge in [-0.3, -0.25) is 4.99 Å². The van der Waals surface area contributed by atoms with Crippen molar-refractivity contribution in [2.75, 3.05) is 24.4 Å². The van der Waals surface area contributed by atoms with E-state index in [0.717, 1.165) is 41.8 Å². The van der Waals surface area contributed by atoms with E-state index in [0.29, 0.717) is 17.0 Å². The van der Waals surface area contributed by atoms with Gasteiger partial charge in [0, 0.05) is 11.4 Å². The Kier molecular flexibility index (Phi) is 5.56. The lowest BCUT2D eigenvalue weighted by molar-refractivity contribution is 0.168. The fourth-order valence-electron chi connectivity index (χ4n) is 4.18. The largest absolute Gasteiger partial charge is 0.379 e. The quantitative estimate of drug-likeness (QED) is 0.811. The van der Waals surface area contributed by atoms with Crippen molar-refractivity contribution < 1.29 is 8.78 Å². The number of nitrogens with zero attached hydrogens (tertiary/aromatic N) is 1. The van der Waals surface area contributed by atoms with Crippen molar-refractivity contribution in [2.45, 2.75) is 44.7 Å². The van der Waals surface area contributed by atoms with Crippen LogP contribution in [0.5, 0.6) is 0 Å². The molecule has 1 heterocycles. The zero-order chi connectivity index (χ0) is 18.0. The lowest BCUT2D eigenvalue weighted by Crippen LogP contribution is -2.44. The number of rotatable bonds is 5. The first kappa shape index (κ1) is 18.5. The molecule has 0 bridgehead atoms. The Morgan fingerprint density at radius 3 is 2.88 bits per heavy atom. The number of aliphatic imine (C=N–C) groups is 1. The standard InChI is InChI=1S/C19H27F2N3S/c1-12-5-6-19(14(7-12)11-25-18(22)24-19)17-8-15(4-3-13(17)2)23-16(9-20)10-21/h3-4,8,12,14,16,23H,5-7,9-11H2,1-2H3,(H2,22,24). The molecule has 3 nitrogen and oxygen atoms in total. The first-order valence-corrected chi connectivity index (χ1v) is 9.94. The average molecular weight is 368 g/mol. The molecule has 1 aliphatic carbocycles. The van der Waals surface area contributed by atoms with Crippen molar-refractivity contribution in [1.82, 2.24) is 0 Å². The van der Waals surface area contributed by atoms with Gasteiger partial charge in [-0.15, -0.1) is 0 Å². The summed E-state index contributed by atoms with van der Waals surface area (Å²) in [5.74, 6) is 2.12. The van der Waals surface area contributed by atoms with Crippen molar-refractivity contribution in [1.29, 1.82) is 0 Å². The van der Waals surface area contributed by atoms with Crippen LogP contribution in [0.15, 0.2) is 23.2 Å². The van der Waals surface area contributed by atoms with Crippen LogP contribution in [0.1, 0.15) is 37.3 Å². The van der Waals surface area contributed by atoms with E-state index in [1.54, 1.807) is 11.8 Å². The number of thioether (sulfide) groups is 1. The minimum Gasteiger partial charge on any atom is -0.379 e. The Bertz CT molecular complexity index is 648. The van der Waals surface area contributed by atoms with Gasteiger partial charge in [-0.2, -0.15) is 0 Å². The number of aryl methyl sites for hydroxylation is 1. The van der Waals surface area contributed by atoms with Gasteiger partial charge in [-0.05, 0) is 61.3 Å². The molecule has 2 aliphatic rings. The molecule has 138 valence electrons. The van der Waals surface area contributed by atoms with Crippen molar-refractivity contribution in [2.24, 2.45) is 22.6 Å². The second-order valence-corrected chi connectivity index (χ2v) is 8.48. The molecule has 25 heavy (non-hydrogen) atoms. The second kappa shape index (κ2) is 7.52. The smallest absolute Gasteiger partial charge is 0.154 e. The number of benzene rings is 1. The van der Waals surface area contributed by atoms with Crippen LogP contribution >= 0.6 is 11.8 Å². The molecular weight excluding hydrogens is 340 g/mol. The Morgan fingerprint density at radius 1 is 1.40 bits per heavy atom. The summed E-state index contributed by atoms with van der Waals surface area (Å²) in [7, 11) is 0. The number of halogens is 2. The number of amidine groups is 1. The topological polar surface area (TPSA) is 50.4 Å². The van der Waals surface area contributed by atoms with Gasteiger partial charge in [0.1, 0.15) is 13.3 Å². The van der Waals surface area contributed by atoms with E-state index in [-0.39, 0.29) is 5.54 Å². The number of alkyl halides is 2. The highest BCUT2D eigenvalue weighted by atomic mass is 32.2. The molecule has 3 N–H and O–H groups in total. The van der Waals surface area contributed by atoms with Crippen LogP contribution in [0.4, 0.5) is 14.5 Å². The minimum absolute atomic E-state index is 0.301. The van der Waals surface area contributed by atoms with E-state index < -0.39 is 19.4 Å². The second-order valence-electron chi connectivity index (χ2n) is 7.44. The molecule has 3 rings (SSSR count). The van der Waals surface area contributed by atoms with Gasteiger partial charge in [0.25, 0.3) is 0 Å². The van der Waals surface area contributed by atoms with Gasteiger partial charge in [0.15, 0.2) is 5.17 Å². The number of hydrogen-bond donors (Lipinski definition) is 2. The summed E-state index contributed by atoms with van der Waals surface area (Å²) in [6.07, 6.45) is 3.23. The number of nitrogens with one attached hydrogen (secondary N) is 1. The zero-order valence-corrected chi connectivity index (χ0v) is 15.7. The fraction of sp³-hybridized carbons (Fsp3) is 0.632. The maximum atomic E-state index is 12.9. The highest BCUT2D eigenvalue weighted by Crippen LogP contribution is 2.51. The van der Waals surface area contributed by atoms with Crippen LogP contribution in [0.25, 0.3) is 0 Å². The summed E-state index contributed by atoms with van der Waals surface area (Å²) in [5, 5.41) is 3.61. The maximum Gasteiger partial charge on any atom is 0.154 e. The van der Waals surface area contributed by atoms with E-state index in [2.05, 4.69) is 19.2 Å². The molecule has 0 radical (unpaired) electrons. The van der Waals surface area contributed by atoms with Gasteiger partial charge in [-0.25, -0.2) is 8.78 Å². The zero-order valence-electron chi connectivity index (χ0n) is 14.9. The SMILES string of the molecule is Cc1ccc(NC(CF)CF)cc1C12CCC(C)CC1CSC(N)=N2. The number of fused-ring (bicyclic) bond motifs is 1. The van der Waals surface area contributed by atoms with Gasteiger partial charge in [0.2, 0.25) is 0 Å².